The summed E-state index contributed by atoms with van der Waals surface area (Å²) < 4.78 is 27.5. The third-order valence-electron chi connectivity index (χ3n) is 4.09. The molecule has 9 heteroatoms. The van der Waals surface area contributed by atoms with Crippen LogP contribution in [-0.2, 0) is 14.8 Å². The van der Waals surface area contributed by atoms with Gasteiger partial charge in [-0.2, -0.15) is 0 Å². The lowest BCUT2D eigenvalue weighted by molar-refractivity contribution is -0.114. The van der Waals surface area contributed by atoms with Crippen molar-refractivity contribution in [1.29, 1.82) is 0 Å². The molecule has 26 heavy (non-hydrogen) atoms. The molecule has 2 aliphatic rings. The van der Waals surface area contributed by atoms with Crippen LogP contribution in [0.4, 0.5) is 5.69 Å². The molecule has 7 nitrogen and oxygen atoms in total. The van der Waals surface area contributed by atoms with Crippen LogP contribution in [-0.4, -0.2) is 50.6 Å². The second kappa shape index (κ2) is 8.24. The number of carbonyl (C=O) groups excluding carboxylic acids is 1. The molecule has 0 radical (unpaired) electrons. The Morgan fingerprint density at radius 3 is 2.62 bits per heavy atom. The highest BCUT2D eigenvalue weighted by atomic mass is 32.2. The summed E-state index contributed by atoms with van der Waals surface area (Å²) in [5, 5.41) is 3.00. The number of amidine groups is 1. The first kappa shape index (κ1) is 18.9. The van der Waals surface area contributed by atoms with E-state index in [-0.39, 0.29) is 10.8 Å². The summed E-state index contributed by atoms with van der Waals surface area (Å²) in [5.41, 5.74) is 0.552. The van der Waals surface area contributed by atoms with Gasteiger partial charge >= 0.3 is 0 Å². The SMILES string of the molecule is CC(=O)Nc1ccc(S(=O)(=O)NC2=NCC(=CCN3CCCC3)S2)cc1. The smallest absolute Gasteiger partial charge is 0.263 e. The summed E-state index contributed by atoms with van der Waals surface area (Å²) in [4.78, 5) is 18.9. The van der Waals surface area contributed by atoms with Crippen LogP contribution in [0.5, 0.6) is 0 Å². The summed E-state index contributed by atoms with van der Waals surface area (Å²) in [6, 6.07) is 6.03. The maximum Gasteiger partial charge on any atom is 0.263 e. The Morgan fingerprint density at radius 1 is 1.27 bits per heavy atom. The third-order valence-corrected chi connectivity index (χ3v) is 6.56. The van der Waals surface area contributed by atoms with Gasteiger partial charge in [-0.05, 0) is 50.2 Å². The van der Waals surface area contributed by atoms with Crippen molar-refractivity contribution in [3.05, 3.63) is 35.2 Å². The minimum Gasteiger partial charge on any atom is -0.326 e. The number of thioether (sulfide) groups is 1. The molecule has 2 heterocycles. The van der Waals surface area contributed by atoms with E-state index in [0.29, 0.717) is 17.4 Å². The fourth-order valence-electron chi connectivity index (χ4n) is 2.79. The number of benzene rings is 1. The fraction of sp³-hybridized carbons (Fsp3) is 0.412. The molecule has 1 fully saturated rings. The van der Waals surface area contributed by atoms with Gasteiger partial charge in [-0.15, -0.1) is 0 Å². The van der Waals surface area contributed by atoms with E-state index in [4.69, 9.17) is 0 Å². The topological polar surface area (TPSA) is 90.9 Å². The Morgan fingerprint density at radius 2 is 1.96 bits per heavy atom. The highest BCUT2D eigenvalue weighted by Crippen LogP contribution is 2.25. The molecule has 1 aromatic carbocycles. The first-order chi connectivity index (χ1) is 12.4. The second-order valence-corrected chi connectivity index (χ2v) is 9.01. The zero-order valence-corrected chi connectivity index (χ0v) is 16.2. The predicted molar refractivity (Wildman–Crippen MR) is 105 cm³/mol. The van der Waals surface area contributed by atoms with Gasteiger partial charge in [0.25, 0.3) is 10.0 Å². The van der Waals surface area contributed by atoms with Crippen molar-refractivity contribution in [3.63, 3.8) is 0 Å². The third kappa shape index (κ3) is 5.09. The summed E-state index contributed by atoms with van der Waals surface area (Å²) in [7, 11) is -3.69. The molecule has 0 bridgehead atoms. The molecule has 0 spiro atoms. The molecule has 140 valence electrons. The van der Waals surface area contributed by atoms with Gasteiger partial charge < -0.3 is 5.32 Å². The van der Waals surface area contributed by atoms with Gasteiger partial charge in [-0.1, -0.05) is 17.8 Å². The molecule has 0 saturated carbocycles. The van der Waals surface area contributed by atoms with E-state index in [1.54, 1.807) is 12.1 Å². The number of anilines is 1. The van der Waals surface area contributed by atoms with E-state index in [0.717, 1.165) is 24.5 Å². The Labute approximate surface area is 158 Å². The van der Waals surface area contributed by atoms with Crippen molar-refractivity contribution in [2.45, 2.75) is 24.7 Å². The monoisotopic (exact) mass is 394 g/mol. The normalized spacial score (nSPS) is 19.6. The number of nitrogens with one attached hydrogen (secondary N) is 2. The van der Waals surface area contributed by atoms with Gasteiger partial charge in [0, 0.05) is 24.1 Å². The summed E-state index contributed by atoms with van der Waals surface area (Å²) in [5.74, 6) is -0.205. The molecule has 1 amide bonds. The minimum absolute atomic E-state index is 0.129. The van der Waals surface area contributed by atoms with Crippen molar-refractivity contribution < 1.29 is 13.2 Å². The van der Waals surface area contributed by atoms with Gasteiger partial charge in [0.15, 0.2) is 5.17 Å². The highest BCUT2D eigenvalue weighted by molar-refractivity contribution is 8.18. The average molecular weight is 395 g/mol. The Balaban J connectivity index is 1.57. The molecular weight excluding hydrogens is 372 g/mol. The average Bonchev–Trinajstić information content (AvgIpc) is 3.24. The Hall–Kier alpha value is -1.84. The number of likely N-dealkylation sites (tertiary alicyclic amines) is 1. The van der Waals surface area contributed by atoms with Gasteiger partial charge in [0.2, 0.25) is 5.91 Å². The molecule has 0 aliphatic carbocycles. The summed E-state index contributed by atoms with van der Waals surface area (Å²) in [6.07, 6.45) is 4.63. The number of hydrogen-bond donors (Lipinski definition) is 2. The number of hydrogen-bond acceptors (Lipinski definition) is 6. The molecule has 0 aromatic heterocycles. The highest BCUT2D eigenvalue weighted by Gasteiger charge is 2.21. The number of rotatable bonds is 5. The van der Waals surface area contributed by atoms with Gasteiger partial charge in [-0.25, -0.2) is 8.42 Å². The van der Waals surface area contributed by atoms with Gasteiger partial charge in [-0.3, -0.25) is 19.4 Å². The maximum atomic E-state index is 12.5. The molecule has 3 rings (SSSR count). The van der Waals surface area contributed by atoms with Crippen LogP contribution < -0.4 is 10.0 Å². The van der Waals surface area contributed by atoms with Crippen LogP contribution in [0.15, 0.2) is 45.1 Å². The number of amides is 1. The van der Waals surface area contributed by atoms with Crippen molar-refractivity contribution in [2.75, 3.05) is 31.5 Å². The summed E-state index contributed by atoms with van der Waals surface area (Å²) in [6.45, 7) is 5.06. The van der Waals surface area contributed by atoms with Gasteiger partial charge in [0.05, 0.1) is 11.4 Å². The molecular formula is C17H22N4O3S2. The molecule has 2 N–H and O–H groups in total. The molecule has 1 aromatic rings. The van der Waals surface area contributed by atoms with E-state index in [9.17, 15) is 13.2 Å². The van der Waals surface area contributed by atoms with Crippen molar-refractivity contribution >= 4 is 38.5 Å². The predicted octanol–water partition coefficient (Wildman–Crippen LogP) is 2.01. The first-order valence-electron chi connectivity index (χ1n) is 8.46. The number of sulfonamides is 1. The van der Waals surface area contributed by atoms with Crippen molar-refractivity contribution in [1.82, 2.24) is 9.62 Å². The lowest BCUT2D eigenvalue weighted by Crippen LogP contribution is -2.27. The molecule has 2 aliphatic heterocycles. The standard InChI is InChI=1S/C17H22N4O3S2/c1-13(22)19-14-4-6-16(7-5-14)26(23,24)20-17-18-12-15(25-17)8-11-21-9-2-3-10-21/h4-8H,2-3,9-12H2,1H3,(H,18,20)(H,19,22). The zero-order chi connectivity index (χ0) is 18.6. The van der Waals surface area contributed by atoms with Crippen LogP contribution in [0.2, 0.25) is 0 Å². The first-order valence-corrected chi connectivity index (χ1v) is 10.8. The second-order valence-electron chi connectivity index (χ2n) is 6.21. The largest absolute Gasteiger partial charge is 0.326 e. The Kier molecular flexibility index (Phi) is 6.00. The van der Waals surface area contributed by atoms with E-state index in [1.165, 1.54) is 43.7 Å². The lowest BCUT2D eigenvalue weighted by Gasteiger charge is -2.11. The minimum atomic E-state index is -3.69. The van der Waals surface area contributed by atoms with E-state index >= 15 is 0 Å². The van der Waals surface area contributed by atoms with E-state index < -0.39 is 10.0 Å². The fourth-order valence-corrected chi connectivity index (χ4v) is 4.86. The zero-order valence-electron chi connectivity index (χ0n) is 14.6. The molecule has 1 saturated heterocycles. The van der Waals surface area contributed by atoms with Crippen LogP contribution >= 0.6 is 11.8 Å². The van der Waals surface area contributed by atoms with E-state index in [2.05, 4.69) is 26.0 Å². The number of aliphatic imine (C=N–C) groups is 1. The number of carbonyl (C=O) groups is 1. The van der Waals surface area contributed by atoms with Crippen LogP contribution in [0.3, 0.4) is 0 Å². The lowest BCUT2D eigenvalue weighted by atomic mass is 10.3. The van der Waals surface area contributed by atoms with Crippen molar-refractivity contribution in [2.24, 2.45) is 4.99 Å². The van der Waals surface area contributed by atoms with Crippen LogP contribution in [0.1, 0.15) is 19.8 Å². The van der Waals surface area contributed by atoms with E-state index in [1.807, 2.05) is 0 Å². The van der Waals surface area contributed by atoms with Crippen LogP contribution in [0.25, 0.3) is 0 Å². The maximum absolute atomic E-state index is 12.5. The van der Waals surface area contributed by atoms with Crippen LogP contribution in [0, 0.1) is 0 Å². The van der Waals surface area contributed by atoms with Crippen molar-refractivity contribution in [3.8, 4) is 0 Å². The molecule has 0 atom stereocenters. The van der Waals surface area contributed by atoms with Gasteiger partial charge in [0.1, 0.15) is 0 Å². The number of nitrogens with zero attached hydrogens (tertiary/aromatic N) is 2. The molecule has 0 unspecified atom stereocenters. The Bertz CT molecular complexity index is 826. The summed E-state index contributed by atoms with van der Waals surface area (Å²) >= 11 is 1.36. The quantitative estimate of drug-likeness (QED) is 0.797.